The third-order valence-electron chi connectivity index (χ3n) is 11.2. The highest BCUT2D eigenvalue weighted by Gasteiger charge is 2.49. The third-order valence-corrected chi connectivity index (χ3v) is 11.2. The van der Waals surface area contributed by atoms with Crippen LogP contribution in [0.5, 0.6) is 0 Å². The van der Waals surface area contributed by atoms with E-state index in [0.29, 0.717) is 0 Å². The summed E-state index contributed by atoms with van der Waals surface area (Å²) < 4.78 is 6.52. The van der Waals surface area contributed by atoms with Crippen molar-refractivity contribution in [3.05, 3.63) is 138 Å². The van der Waals surface area contributed by atoms with E-state index in [9.17, 15) is 0 Å². The van der Waals surface area contributed by atoms with Crippen molar-refractivity contribution in [3.8, 4) is 11.1 Å². The quantitative estimate of drug-likeness (QED) is 0.170. The van der Waals surface area contributed by atoms with Gasteiger partial charge in [0.25, 0.3) is 0 Å². The van der Waals surface area contributed by atoms with Crippen LogP contribution < -0.4 is 20.6 Å². The molecule has 0 bridgehead atoms. The zero-order valence-electron chi connectivity index (χ0n) is 28.3. The van der Waals surface area contributed by atoms with Crippen LogP contribution in [0.15, 0.2) is 120 Å². The topological polar surface area (TPSA) is 19.6 Å². The standard InChI is InChI=1S/C44H37BN2O/c1-26-22-32-30-25-40-31(29-12-7-10-17-39(29)48-40)24-37(30)47(28-20-18-27(19-21-28)43(2,3)4)45-35-15-11-14-34-42(35)46(38(23-26)41(32)45)36-16-9-8-13-33(36)44(34,5)6/h7-25H,1-6H3. The molecule has 3 aliphatic rings. The number of aryl methyl sites for hydroxylation is 1. The van der Waals surface area contributed by atoms with Gasteiger partial charge in [0.2, 0.25) is 0 Å². The highest BCUT2D eigenvalue weighted by atomic mass is 16.3. The number of rotatable bonds is 1. The minimum absolute atomic E-state index is 0.00790. The minimum Gasteiger partial charge on any atom is -0.456 e. The van der Waals surface area contributed by atoms with Gasteiger partial charge in [-0.2, -0.15) is 0 Å². The van der Waals surface area contributed by atoms with Gasteiger partial charge in [-0.1, -0.05) is 107 Å². The first kappa shape index (κ1) is 27.9. The monoisotopic (exact) mass is 620 g/mol. The molecule has 0 unspecified atom stereocenters. The summed E-state index contributed by atoms with van der Waals surface area (Å²) >= 11 is 0. The van der Waals surface area contributed by atoms with Gasteiger partial charge in [-0.25, -0.2) is 0 Å². The van der Waals surface area contributed by atoms with Crippen LogP contribution in [0.3, 0.4) is 0 Å². The molecule has 0 amide bonds. The average molecular weight is 621 g/mol. The molecule has 48 heavy (non-hydrogen) atoms. The summed E-state index contributed by atoms with van der Waals surface area (Å²) in [6.07, 6.45) is 0. The molecule has 10 rings (SSSR count). The number of anilines is 5. The van der Waals surface area contributed by atoms with Crippen LogP contribution in [0.4, 0.5) is 28.4 Å². The summed E-state index contributed by atoms with van der Waals surface area (Å²) in [5.41, 5.74) is 18.6. The fourth-order valence-corrected chi connectivity index (χ4v) is 8.87. The number of para-hydroxylation sites is 3. The van der Waals surface area contributed by atoms with E-state index in [2.05, 4.69) is 167 Å². The number of furan rings is 1. The zero-order valence-corrected chi connectivity index (χ0v) is 28.3. The smallest absolute Gasteiger partial charge is 0.333 e. The predicted molar refractivity (Wildman–Crippen MR) is 203 cm³/mol. The Morgan fingerprint density at radius 1 is 0.646 bits per heavy atom. The van der Waals surface area contributed by atoms with E-state index in [1.54, 1.807) is 0 Å². The lowest BCUT2D eigenvalue weighted by atomic mass is 9.42. The van der Waals surface area contributed by atoms with Crippen molar-refractivity contribution in [2.45, 2.75) is 52.4 Å². The van der Waals surface area contributed by atoms with Gasteiger partial charge >= 0.3 is 6.85 Å². The fourth-order valence-electron chi connectivity index (χ4n) is 8.87. The van der Waals surface area contributed by atoms with Crippen molar-refractivity contribution in [2.75, 3.05) is 9.71 Å². The first-order valence-electron chi connectivity index (χ1n) is 17.1. The maximum absolute atomic E-state index is 6.52. The molecule has 0 saturated carbocycles. The predicted octanol–water partition coefficient (Wildman–Crippen LogP) is 10.5. The van der Waals surface area contributed by atoms with Gasteiger partial charge in [-0.05, 0) is 93.5 Å². The Hall–Kier alpha value is -5.22. The van der Waals surface area contributed by atoms with Crippen molar-refractivity contribution in [1.82, 2.24) is 0 Å². The molecule has 0 atom stereocenters. The SMILES string of the molecule is Cc1cc2c3c(c1)N1c4ccccc4C(C)(C)c4cccc(c41)B3N(c1ccc(C(C)(C)C)cc1)c1cc3c(cc1-2)oc1ccccc13. The lowest BCUT2D eigenvalue weighted by molar-refractivity contribution is 0.590. The first-order valence-corrected chi connectivity index (χ1v) is 17.1. The van der Waals surface area contributed by atoms with Crippen LogP contribution in [-0.4, -0.2) is 6.85 Å². The van der Waals surface area contributed by atoms with E-state index in [-0.39, 0.29) is 17.7 Å². The maximum atomic E-state index is 6.52. The zero-order chi connectivity index (χ0) is 32.7. The number of nitrogens with zero attached hydrogens (tertiary/aromatic N) is 2. The van der Waals surface area contributed by atoms with Crippen LogP contribution in [0.2, 0.25) is 0 Å². The number of fused-ring (bicyclic) bond motifs is 9. The summed E-state index contributed by atoms with van der Waals surface area (Å²) in [4.78, 5) is 5.18. The molecule has 232 valence electrons. The van der Waals surface area contributed by atoms with Gasteiger partial charge < -0.3 is 14.1 Å². The molecule has 6 aromatic carbocycles. The molecule has 0 radical (unpaired) electrons. The van der Waals surface area contributed by atoms with Crippen molar-refractivity contribution >= 4 is 68.1 Å². The van der Waals surface area contributed by atoms with Crippen LogP contribution >= 0.6 is 0 Å². The van der Waals surface area contributed by atoms with Crippen molar-refractivity contribution in [2.24, 2.45) is 0 Å². The summed E-state index contributed by atoms with van der Waals surface area (Å²) in [7, 11) is 0. The highest BCUT2D eigenvalue weighted by molar-refractivity contribution is 6.93. The Labute approximate surface area is 282 Å². The second-order valence-corrected chi connectivity index (χ2v) is 15.5. The number of hydrogen-bond donors (Lipinski definition) is 0. The van der Waals surface area contributed by atoms with Gasteiger partial charge in [0.1, 0.15) is 11.2 Å². The Kier molecular flexibility index (Phi) is 5.36. The molecule has 0 spiro atoms. The lowest BCUT2D eigenvalue weighted by Gasteiger charge is -2.50. The van der Waals surface area contributed by atoms with E-state index < -0.39 is 0 Å². The van der Waals surface area contributed by atoms with E-state index in [1.807, 2.05) is 0 Å². The van der Waals surface area contributed by atoms with Crippen molar-refractivity contribution < 1.29 is 4.42 Å². The Balaban J connectivity index is 1.35. The van der Waals surface area contributed by atoms with Gasteiger partial charge in [-0.15, -0.1) is 0 Å². The Morgan fingerprint density at radius 2 is 1.40 bits per heavy atom. The van der Waals surface area contributed by atoms with E-state index in [4.69, 9.17) is 4.42 Å². The van der Waals surface area contributed by atoms with Crippen molar-refractivity contribution in [1.29, 1.82) is 0 Å². The largest absolute Gasteiger partial charge is 0.456 e. The van der Waals surface area contributed by atoms with Crippen LogP contribution in [0.1, 0.15) is 56.9 Å². The summed E-state index contributed by atoms with van der Waals surface area (Å²) in [6.45, 7) is 13.9. The molecule has 0 fully saturated rings. The highest BCUT2D eigenvalue weighted by Crippen LogP contribution is 2.55. The molecule has 4 heteroatoms. The Morgan fingerprint density at radius 3 is 2.21 bits per heavy atom. The maximum Gasteiger partial charge on any atom is 0.333 e. The lowest BCUT2D eigenvalue weighted by Crippen LogP contribution is -2.62. The molecule has 3 nitrogen and oxygen atoms in total. The number of hydrogen-bond acceptors (Lipinski definition) is 3. The van der Waals surface area contributed by atoms with Gasteiger partial charge in [0.05, 0.1) is 5.69 Å². The molecule has 7 aromatic rings. The van der Waals surface area contributed by atoms with E-state index >= 15 is 0 Å². The van der Waals surface area contributed by atoms with E-state index in [1.165, 1.54) is 72.7 Å². The fraction of sp³-hybridized carbons (Fsp3) is 0.182. The van der Waals surface area contributed by atoms with Crippen LogP contribution in [-0.2, 0) is 10.8 Å². The van der Waals surface area contributed by atoms with E-state index in [0.717, 1.165) is 21.9 Å². The third kappa shape index (κ3) is 3.55. The average Bonchev–Trinajstić information content (AvgIpc) is 3.44. The summed E-state index contributed by atoms with van der Waals surface area (Å²) in [5, 5.41) is 2.30. The molecule has 4 heterocycles. The molecule has 0 saturated heterocycles. The molecule has 1 aromatic heterocycles. The minimum atomic E-state index is -0.143. The Bertz CT molecular complexity index is 2500. The van der Waals surface area contributed by atoms with Gasteiger partial charge in [0, 0.05) is 44.5 Å². The molecule has 0 aliphatic carbocycles. The van der Waals surface area contributed by atoms with Crippen LogP contribution in [0, 0.1) is 6.92 Å². The normalized spacial score (nSPS) is 15.3. The molecular formula is C44H37BN2O. The number of benzene rings is 6. The first-order chi connectivity index (χ1) is 23.1. The molecular weight excluding hydrogens is 583 g/mol. The second kappa shape index (κ2) is 9.23. The molecule has 0 N–H and O–H groups in total. The van der Waals surface area contributed by atoms with Crippen LogP contribution in [0.25, 0.3) is 33.1 Å². The second-order valence-electron chi connectivity index (χ2n) is 15.5. The summed E-state index contributed by atoms with van der Waals surface area (Å²) in [6, 6.07) is 43.2. The van der Waals surface area contributed by atoms with Gasteiger partial charge in [0.15, 0.2) is 0 Å². The summed E-state index contributed by atoms with van der Waals surface area (Å²) in [5.74, 6) is 0. The molecule has 3 aliphatic heterocycles. The van der Waals surface area contributed by atoms with Gasteiger partial charge in [-0.3, -0.25) is 0 Å². The van der Waals surface area contributed by atoms with Crippen molar-refractivity contribution in [3.63, 3.8) is 0 Å².